The predicted molar refractivity (Wildman–Crippen MR) is 145 cm³/mol. The average Bonchev–Trinajstić information content (AvgIpc) is 3.26. The fourth-order valence-corrected chi connectivity index (χ4v) is 5.82. The van der Waals surface area contributed by atoms with E-state index in [-0.39, 0.29) is 11.9 Å². The first-order valence-corrected chi connectivity index (χ1v) is 13.5. The van der Waals surface area contributed by atoms with Crippen LogP contribution in [0.5, 0.6) is 5.75 Å². The molecule has 7 heteroatoms. The van der Waals surface area contributed by atoms with Gasteiger partial charge in [-0.15, -0.1) is 0 Å². The van der Waals surface area contributed by atoms with Crippen molar-refractivity contribution in [3.05, 3.63) is 83.7 Å². The molecule has 2 aromatic heterocycles. The summed E-state index contributed by atoms with van der Waals surface area (Å²) in [7, 11) is 1.68. The molecule has 1 N–H and O–H groups in total. The number of aromatic nitrogens is 3. The molecule has 4 aromatic rings. The first-order chi connectivity index (χ1) is 17.6. The topological polar surface area (TPSA) is 69.0 Å². The van der Waals surface area contributed by atoms with Crippen LogP contribution in [-0.4, -0.2) is 33.6 Å². The van der Waals surface area contributed by atoms with Gasteiger partial charge in [-0.2, -0.15) is 0 Å². The monoisotopic (exact) mass is 500 g/mol. The SMILES string of the molecule is COc1cccc(Cn2c(SCc3ccc(C(=O)N[C@@H]4CCCC[C@@H]4C)cc3)nc3ccncc32)c1. The Balaban J connectivity index is 1.28. The highest BCUT2D eigenvalue weighted by molar-refractivity contribution is 7.98. The highest BCUT2D eigenvalue weighted by Gasteiger charge is 2.23. The van der Waals surface area contributed by atoms with Crippen LogP contribution in [0.25, 0.3) is 11.0 Å². The number of fused-ring (bicyclic) bond motifs is 1. The molecular weight excluding hydrogens is 468 g/mol. The Morgan fingerprint density at radius 2 is 1.94 bits per heavy atom. The normalized spacial score (nSPS) is 17.7. The van der Waals surface area contributed by atoms with Gasteiger partial charge in [-0.1, -0.05) is 55.8 Å². The van der Waals surface area contributed by atoms with Crippen LogP contribution in [-0.2, 0) is 12.3 Å². The molecule has 1 aliphatic rings. The summed E-state index contributed by atoms with van der Waals surface area (Å²) in [6.45, 7) is 2.92. The lowest BCUT2D eigenvalue weighted by Crippen LogP contribution is -2.41. The molecule has 0 unspecified atom stereocenters. The van der Waals surface area contributed by atoms with Gasteiger partial charge in [0.05, 0.1) is 30.9 Å². The lowest BCUT2D eigenvalue weighted by Gasteiger charge is -2.29. The van der Waals surface area contributed by atoms with Gasteiger partial charge < -0.3 is 14.6 Å². The zero-order valence-corrected chi connectivity index (χ0v) is 21.6. The summed E-state index contributed by atoms with van der Waals surface area (Å²) in [5.41, 5.74) is 4.95. The lowest BCUT2D eigenvalue weighted by molar-refractivity contribution is 0.0910. The zero-order chi connectivity index (χ0) is 24.9. The second kappa shape index (κ2) is 11.2. The molecule has 186 valence electrons. The van der Waals surface area contributed by atoms with Crippen LogP contribution in [0.3, 0.4) is 0 Å². The van der Waals surface area contributed by atoms with E-state index in [1.807, 2.05) is 48.7 Å². The van der Waals surface area contributed by atoms with Crippen molar-refractivity contribution in [2.45, 2.75) is 56.1 Å². The van der Waals surface area contributed by atoms with E-state index in [1.165, 1.54) is 19.3 Å². The van der Waals surface area contributed by atoms with E-state index in [4.69, 9.17) is 9.72 Å². The molecule has 2 heterocycles. The van der Waals surface area contributed by atoms with Crippen LogP contribution in [0.4, 0.5) is 0 Å². The number of nitrogens with zero attached hydrogens (tertiary/aromatic N) is 3. The second-order valence-corrected chi connectivity index (χ2v) is 10.5. The molecular formula is C29H32N4O2S. The van der Waals surface area contributed by atoms with Crippen molar-refractivity contribution in [1.29, 1.82) is 0 Å². The maximum Gasteiger partial charge on any atom is 0.251 e. The summed E-state index contributed by atoms with van der Waals surface area (Å²) >= 11 is 1.69. The fourth-order valence-electron chi connectivity index (χ4n) is 4.85. The van der Waals surface area contributed by atoms with Gasteiger partial charge in [0.1, 0.15) is 5.75 Å². The van der Waals surface area contributed by atoms with Gasteiger partial charge in [0.2, 0.25) is 0 Å². The molecule has 0 saturated heterocycles. The zero-order valence-electron chi connectivity index (χ0n) is 20.8. The number of pyridine rings is 1. The van der Waals surface area contributed by atoms with E-state index >= 15 is 0 Å². The molecule has 5 rings (SSSR count). The molecule has 0 aliphatic heterocycles. The number of hydrogen-bond acceptors (Lipinski definition) is 5. The van der Waals surface area contributed by atoms with Crippen molar-refractivity contribution < 1.29 is 9.53 Å². The van der Waals surface area contributed by atoms with Crippen molar-refractivity contribution in [2.75, 3.05) is 7.11 Å². The van der Waals surface area contributed by atoms with Gasteiger partial charge in [0.15, 0.2) is 5.16 Å². The largest absolute Gasteiger partial charge is 0.497 e. The number of carbonyl (C=O) groups is 1. The Bertz CT molecular complexity index is 1330. The van der Waals surface area contributed by atoms with Gasteiger partial charge in [0.25, 0.3) is 5.91 Å². The molecule has 0 bridgehead atoms. The molecule has 1 saturated carbocycles. The lowest BCUT2D eigenvalue weighted by atomic mass is 9.86. The number of ether oxygens (including phenoxy) is 1. The predicted octanol–water partition coefficient (Wildman–Crippen LogP) is 6.09. The van der Waals surface area contributed by atoms with E-state index in [0.717, 1.165) is 50.8 Å². The first kappa shape index (κ1) is 24.4. The Kier molecular flexibility index (Phi) is 7.56. The number of benzene rings is 2. The number of hydrogen-bond donors (Lipinski definition) is 1. The van der Waals surface area contributed by atoms with Crippen LogP contribution >= 0.6 is 11.8 Å². The highest BCUT2D eigenvalue weighted by Crippen LogP contribution is 2.28. The van der Waals surface area contributed by atoms with Crippen molar-refractivity contribution in [3.8, 4) is 5.75 Å². The summed E-state index contributed by atoms with van der Waals surface area (Å²) in [4.78, 5) is 22.0. The van der Waals surface area contributed by atoms with Crippen molar-refractivity contribution in [3.63, 3.8) is 0 Å². The summed E-state index contributed by atoms with van der Waals surface area (Å²) in [5.74, 6) is 2.17. The molecule has 2 aromatic carbocycles. The van der Waals surface area contributed by atoms with Crippen LogP contribution in [0.15, 0.2) is 72.1 Å². The third-order valence-electron chi connectivity index (χ3n) is 7.00. The molecule has 1 fully saturated rings. The number of methoxy groups -OCH3 is 1. The molecule has 1 aliphatic carbocycles. The molecule has 0 radical (unpaired) electrons. The van der Waals surface area contributed by atoms with Crippen LogP contribution < -0.4 is 10.1 Å². The van der Waals surface area contributed by atoms with Gasteiger partial charge in [-0.3, -0.25) is 9.78 Å². The third kappa shape index (κ3) is 5.57. The minimum Gasteiger partial charge on any atom is -0.497 e. The van der Waals surface area contributed by atoms with Crippen molar-refractivity contribution in [2.24, 2.45) is 5.92 Å². The Hall–Kier alpha value is -3.32. The standard InChI is InChI=1S/C29H32N4O2S/c1-20-6-3-4-9-25(20)31-28(34)23-12-10-21(11-13-23)19-36-29-32-26-14-15-30-17-27(26)33(29)18-22-7-5-8-24(16-22)35-2/h5,7-8,10-17,20,25H,3-4,6,9,18-19H2,1-2H3,(H,31,34)/t20-,25+/m0/s1. The van der Waals surface area contributed by atoms with Crippen LogP contribution in [0.1, 0.15) is 54.1 Å². The van der Waals surface area contributed by atoms with E-state index in [2.05, 4.69) is 33.9 Å². The number of thioether (sulfide) groups is 1. The molecule has 2 atom stereocenters. The summed E-state index contributed by atoms with van der Waals surface area (Å²) in [6.07, 6.45) is 8.38. The summed E-state index contributed by atoms with van der Waals surface area (Å²) < 4.78 is 7.60. The van der Waals surface area contributed by atoms with Crippen molar-refractivity contribution in [1.82, 2.24) is 19.9 Å². The second-order valence-electron chi connectivity index (χ2n) is 9.52. The maximum absolute atomic E-state index is 12.8. The van der Waals surface area contributed by atoms with Crippen LogP contribution in [0, 0.1) is 5.92 Å². The average molecular weight is 501 g/mol. The number of rotatable bonds is 8. The number of amides is 1. The van der Waals surface area contributed by atoms with Gasteiger partial charge in [-0.25, -0.2) is 4.98 Å². The van der Waals surface area contributed by atoms with Crippen LogP contribution in [0.2, 0.25) is 0 Å². The van der Waals surface area contributed by atoms with Gasteiger partial charge in [-0.05, 0) is 60.2 Å². The quantitative estimate of drug-likeness (QED) is 0.297. The van der Waals surface area contributed by atoms with Gasteiger partial charge in [0, 0.05) is 23.6 Å². The molecule has 1 amide bonds. The van der Waals surface area contributed by atoms with E-state index in [1.54, 1.807) is 25.1 Å². The van der Waals surface area contributed by atoms with Gasteiger partial charge >= 0.3 is 0 Å². The van der Waals surface area contributed by atoms with Crippen molar-refractivity contribution >= 4 is 28.7 Å². The Morgan fingerprint density at radius 1 is 1.11 bits per heavy atom. The Morgan fingerprint density at radius 3 is 2.75 bits per heavy atom. The Labute approximate surface area is 216 Å². The van der Waals surface area contributed by atoms with E-state index in [9.17, 15) is 4.79 Å². The van der Waals surface area contributed by atoms with E-state index in [0.29, 0.717) is 12.5 Å². The van der Waals surface area contributed by atoms with E-state index < -0.39 is 0 Å². The minimum atomic E-state index is 0.0283. The number of imidazole rings is 1. The fraction of sp³-hybridized carbons (Fsp3) is 0.345. The number of nitrogens with one attached hydrogen (secondary N) is 1. The molecule has 6 nitrogen and oxygen atoms in total. The summed E-state index contributed by atoms with van der Waals surface area (Å²) in [5, 5.41) is 4.18. The smallest absolute Gasteiger partial charge is 0.251 e. The first-order valence-electron chi connectivity index (χ1n) is 12.6. The highest BCUT2D eigenvalue weighted by atomic mass is 32.2. The molecule has 0 spiro atoms. The number of carbonyl (C=O) groups excluding carboxylic acids is 1. The maximum atomic E-state index is 12.8. The third-order valence-corrected chi connectivity index (χ3v) is 8.05. The minimum absolute atomic E-state index is 0.0283. The molecule has 36 heavy (non-hydrogen) atoms. The summed E-state index contributed by atoms with van der Waals surface area (Å²) in [6, 6.07) is 18.3.